The second kappa shape index (κ2) is 6.27. The first-order chi connectivity index (χ1) is 10.2. The van der Waals surface area contributed by atoms with E-state index in [4.69, 9.17) is 15.2 Å². The highest BCUT2D eigenvalue weighted by Crippen LogP contribution is 2.40. The molecule has 0 spiro atoms. The Morgan fingerprint density at radius 1 is 1.14 bits per heavy atom. The molecule has 116 valence electrons. The molecule has 1 saturated carbocycles. The van der Waals surface area contributed by atoms with Crippen molar-refractivity contribution in [3.8, 4) is 11.5 Å². The van der Waals surface area contributed by atoms with Crippen LogP contribution in [0.15, 0.2) is 18.2 Å². The zero-order valence-electron chi connectivity index (χ0n) is 13.1. The van der Waals surface area contributed by atoms with E-state index >= 15 is 0 Å². The summed E-state index contributed by atoms with van der Waals surface area (Å²) >= 11 is 0. The Bertz CT molecular complexity index is 488. The third kappa shape index (κ3) is 3.18. The molecular weight excluding hydrogens is 262 g/mol. The van der Waals surface area contributed by atoms with E-state index in [2.05, 4.69) is 19.1 Å². The molecule has 21 heavy (non-hydrogen) atoms. The largest absolute Gasteiger partial charge is 0.486 e. The van der Waals surface area contributed by atoms with E-state index in [1.54, 1.807) is 0 Å². The Hall–Kier alpha value is -1.22. The number of nitrogens with two attached hydrogens (primary N) is 1. The van der Waals surface area contributed by atoms with Gasteiger partial charge in [-0.15, -0.1) is 0 Å². The van der Waals surface area contributed by atoms with Crippen molar-refractivity contribution in [2.75, 3.05) is 13.2 Å². The summed E-state index contributed by atoms with van der Waals surface area (Å²) < 4.78 is 11.3. The monoisotopic (exact) mass is 289 g/mol. The second-order valence-corrected chi connectivity index (χ2v) is 6.60. The summed E-state index contributed by atoms with van der Waals surface area (Å²) in [6.07, 6.45) is 8.60. The van der Waals surface area contributed by atoms with Crippen molar-refractivity contribution >= 4 is 0 Å². The molecule has 2 aliphatic rings. The summed E-state index contributed by atoms with van der Waals surface area (Å²) in [7, 11) is 0. The predicted molar refractivity (Wildman–Crippen MR) is 84.8 cm³/mol. The van der Waals surface area contributed by atoms with Crippen LogP contribution in [0.3, 0.4) is 0 Å². The highest BCUT2D eigenvalue weighted by molar-refractivity contribution is 5.45. The predicted octanol–water partition coefficient (Wildman–Crippen LogP) is 3.99. The third-order valence-corrected chi connectivity index (χ3v) is 5.05. The van der Waals surface area contributed by atoms with Crippen LogP contribution in [0.2, 0.25) is 0 Å². The fourth-order valence-corrected chi connectivity index (χ4v) is 3.78. The molecule has 1 aromatic rings. The van der Waals surface area contributed by atoms with Crippen LogP contribution in [0.5, 0.6) is 11.5 Å². The minimum absolute atomic E-state index is 0.196. The topological polar surface area (TPSA) is 44.5 Å². The fraction of sp³-hybridized carbons (Fsp3) is 0.667. The van der Waals surface area contributed by atoms with Crippen molar-refractivity contribution in [2.45, 2.75) is 57.4 Å². The van der Waals surface area contributed by atoms with Gasteiger partial charge in [-0.1, -0.05) is 38.7 Å². The maximum absolute atomic E-state index is 6.78. The molecule has 1 aromatic carbocycles. The summed E-state index contributed by atoms with van der Waals surface area (Å²) in [5, 5.41) is 0. The Morgan fingerprint density at radius 3 is 2.76 bits per heavy atom. The molecule has 1 fully saturated rings. The molecule has 2 atom stereocenters. The summed E-state index contributed by atoms with van der Waals surface area (Å²) in [6, 6.07) is 6.26. The molecule has 1 aliphatic heterocycles. The Kier molecular flexibility index (Phi) is 4.39. The average molecular weight is 289 g/mol. The van der Waals surface area contributed by atoms with Crippen molar-refractivity contribution in [1.29, 1.82) is 0 Å². The highest BCUT2D eigenvalue weighted by atomic mass is 16.6. The molecule has 3 heteroatoms. The minimum Gasteiger partial charge on any atom is -0.486 e. The number of hydrogen-bond acceptors (Lipinski definition) is 3. The van der Waals surface area contributed by atoms with Gasteiger partial charge < -0.3 is 15.2 Å². The lowest BCUT2D eigenvalue weighted by Gasteiger charge is -2.30. The van der Waals surface area contributed by atoms with Gasteiger partial charge in [-0.05, 0) is 42.9 Å². The summed E-state index contributed by atoms with van der Waals surface area (Å²) in [6.45, 7) is 3.55. The van der Waals surface area contributed by atoms with E-state index in [0.717, 1.165) is 30.3 Å². The van der Waals surface area contributed by atoms with Gasteiger partial charge in [0.15, 0.2) is 11.5 Å². The van der Waals surface area contributed by atoms with E-state index in [0.29, 0.717) is 13.2 Å². The molecule has 1 aliphatic carbocycles. The number of rotatable bonds is 3. The van der Waals surface area contributed by atoms with Gasteiger partial charge in [-0.2, -0.15) is 0 Å². The highest BCUT2D eigenvalue weighted by Gasteiger charge is 2.31. The Labute approximate surface area is 127 Å². The normalized spacial score (nSPS) is 29.0. The lowest BCUT2D eigenvalue weighted by Crippen LogP contribution is -2.36. The first-order valence-electron chi connectivity index (χ1n) is 8.40. The van der Waals surface area contributed by atoms with Gasteiger partial charge in [-0.3, -0.25) is 0 Å². The summed E-state index contributed by atoms with van der Waals surface area (Å²) in [5.41, 5.74) is 7.79. The van der Waals surface area contributed by atoms with Crippen LogP contribution in [0.25, 0.3) is 0 Å². The zero-order chi connectivity index (χ0) is 14.7. The van der Waals surface area contributed by atoms with Crippen LogP contribution >= 0.6 is 0 Å². The van der Waals surface area contributed by atoms with Crippen LogP contribution in [-0.2, 0) is 5.54 Å². The average Bonchev–Trinajstić information content (AvgIpc) is 2.70. The van der Waals surface area contributed by atoms with E-state index in [1.165, 1.54) is 37.7 Å². The molecule has 0 saturated heterocycles. The van der Waals surface area contributed by atoms with Crippen LogP contribution < -0.4 is 15.2 Å². The maximum Gasteiger partial charge on any atom is 0.161 e. The van der Waals surface area contributed by atoms with Crippen LogP contribution in [-0.4, -0.2) is 13.2 Å². The van der Waals surface area contributed by atoms with E-state index < -0.39 is 0 Å². The molecule has 2 N–H and O–H groups in total. The molecule has 3 nitrogen and oxygen atoms in total. The summed E-state index contributed by atoms with van der Waals surface area (Å²) in [5.74, 6) is 2.57. The molecule has 3 rings (SSSR count). The number of ether oxygens (including phenoxy) is 2. The van der Waals surface area contributed by atoms with Crippen molar-refractivity contribution in [3.63, 3.8) is 0 Å². The first kappa shape index (κ1) is 14.7. The van der Waals surface area contributed by atoms with Crippen LogP contribution in [0.1, 0.15) is 57.4 Å². The van der Waals surface area contributed by atoms with Crippen molar-refractivity contribution in [2.24, 2.45) is 11.7 Å². The van der Waals surface area contributed by atoms with Crippen molar-refractivity contribution in [3.05, 3.63) is 23.8 Å². The van der Waals surface area contributed by atoms with Gasteiger partial charge in [0.1, 0.15) is 13.2 Å². The van der Waals surface area contributed by atoms with Gasteiger partial charge >= 0.3 is 0 Å². The van der Waals surface area contributed by atoms with E-state index in [9.17, 15) is 0 Å². The minimum atomic E-state index is -0.196. The van der Waals surface area contributed by atoms with Gasteiger partial charge in [0.2, 0.25) is 0 Å². The van der Waals surface area contributed by atoms with Gasteiger partial charge in [-0.25, -0.2) is 0 Å². The molecule has 0 amide bonds. The smallest absolute Gasteiger partial charge is 0.161 e. The van der Waals surface area contributed by atoms with Crippen molar-refractivity contribution < 1.29 is 9.47 Å². The van der Waals surface area contributed by atoms with Crippen LogP contribution in [0, 0.1) is 5.92 Å². The van der Waals surface area contributed by atoms with Crippen molar-refractivity contribution in [1.82, 2.24) is 0 Å². The van der Waals surface area contributed by atoms with E-state index in [1.807, 2.05) is 6.07 Å². The number of hydrogen-bond donors (Lipinski definition) is 1. The lowest BCUT2D eigenvalue weighted by molar-refractivity contribution is 0.171. The SMILES string of the molecule is CCCC1CCCC(N)(c2ccc3c(c2)OCCO3)CC1. The van der Waals surface area contributed by atoms with Gasteiger partial charge in [0.05, 0.1) is 0 Å². The van der Waals surface area contributed by atoms with Gasteiger partial charge in [0, 0.05) is 5.54 Å². The molecule has 0 aromatic heterocycles. The molecular formula is C18H27NO2. The third-order valence-electron chi connectivity index (χ3n) is 5.05. The van der Waals surface area contributed by atoms with E-state index in [-0.39, 0.29) is 5.54 Å². The van der Waals surface area contributed by atoms with Gasteiger partial charge in [0.25, 0.3) is 0 Å². The lowest BCUT2D eigenvalue weighted by atomic mass is 9.83. The summed E-state index contributed by atoms with van der Waals surface area (Å²) in [4.78, 5) is 0. The molecule has 2 unspecified atom stereocenters. The standard InChI is InChI=1S/C18H27NO2/c1-2-4-14-5-3-9-18(19,10-8-14)15-6-7-16-17(13-15)21-12-11-20-16/h6-7,13-14H,2-5,8-12,19H2,1H3. The number of benzene rings is 1. The zero-order valence-corrected chi connectivity index (χ0v) is 13.1. The Balaban J connectivity index is 1.78. The molecule has 0 radical (unpaired) electrons. The molecule has 1 heterocycles. The van der Waals surface area contributed by atoms with Crippen LogP contribution in [0.4, 0.5) is 0 Å². The molecule has 0 bridgehead atoms. The fourth-order valence-electron chi connectivity index (χ4n) is 3.78. The first-order valence-corrected chi connectivity index (χ1v) is 8.40. The second-order valence-electron chi connectivity index (χ2n) is 6.60. The quantitative estimate of drug-likeness (QED) is 0.856. The maximum atomic E-state index is 6.78. The number of fused-ring (bicyclic) bond motifs is 1. The Morgan fingerprint density at radius 2 is 1.95 bits per heavy atom.